The molecule has 3 rings (SSSR count). The van der Waals surface area contributed by atoms with E-state index in [1.807, 2.05) is 11.5 Å². The van der Waals surface area contributed by atoms with Crippen LogP contribution < -0.4 is 0 Å². The molecule has 0 unspecified atom stereocenters. The maximum atomic E-state index is 12.9. The van der Waals surface area contributed by atoms with Crippen LogP contribution in [0, 0.1) is 27.7 Å². The number of carbonyl (C=O) groups excluding carboxylic acids is 4. The number of ether oxygens (including phenoxy) is 3. The fourth-order valence-corrected chi connectivity index (χ4v) is 4.05. The third kappa shape index (κ3) is 5.03. The van der Waals surface area contributed by atoms with Crippen molar-refractivity contribution in [2.45, 2.75) is 34.6 Å². The first-order valence-corrected chi connectivity index (χ1v) is 11.0. The highest BCUT2D eigenvalue weighted by Crippen LogP contribution is 2.23. The van der Waals surface area contributed by atoms with Crippen LogP contribution in [0.5, 0.6) is 0 Å². The summed E-state index contributed by atoms with van der Waals surface area (Å²) in [4.78, 5) is 52.2. The quantitative estimate of drug-likeness (QED) is 0.294. The van der Waals surface area contributed by atoms with Crippen molar-refractivity contribution in [2.75, 3.05) is 20.3 Å². The van der Waals surface area contributed by atoms with Gasteiger partial charge in [0.05, 0.1) is 24.8 Å². The minimum Gasteiger partial charge on any atom is -0.465 e. The highest BCUT2D eigenvalue weighted by atomic mass is 16.5. The number of rotatable bonds is 8. The Morgan fingerprint density at radius 2 is 1.57 bits per heavy atom. The molecule has 9 nitrogen and oxygen atoms in total. The first-order chi connectivity index (χ1) is 16.6. The van der Waals surface area contributed by atoms with Gasteiger partial charge in [0.15, 0.2) is 6.61 Å². The Kier molecular flexibility index (Phi) is 7.58. The van der Waals surface area contributed by atoms with E-state index in [0.717, 1.165) is 11.4 Å². The van der Waals surface area contributed by atoms with Gasteiger partial charge in [0.2, 0.25) is 5.78 Å². The van der Waals surface area contributed by atoms with E-state index in [1.54, 1.807) is 58.0 Å². The molecule has 3 aromatic rings. The first-order valence-electron chi connectivity index (χ1n) is 11.0. The van der Waals surface area contributed by atoms with Gasteiger partial charge in [0, 0.05) is 28.3 Å². The largest absolute Gasteiger partial charge is 0.465 e. The second-order valence-electron chi connectivity index (χ2n) is 8.00. The van der Waals surface area contributed by atoms with E-state index in [-0.39, 0.29) is 23.6 Å². The number of benzene rings is 1. The van der Waals surface area contributed by atoms with Crippen LogP contribution in [0.2, 0.25) is 0 Å². The number of methoxy groups -OCH3 is 1. The molecule has 0 bridgehead atoms. The normalized spacial score (nSPS) is 10.7. The summed E-state index contributed by atoms with van der Waals surface area (Å²) in [6, 6.07) is 8.54. The van der Waals surface area contributed by atoms with Crippen LogP contribution in [-0.4, -0.2) is 53.6 Å². The van der Waals surface area contributed by atoms with Gasteiger partial charge in [0.25, 0.3) is 0 Å². The van der Waals surface area contributed by atoms with Gasteiger partial charge in [-0.15, -0.1) is 0 Å². The Labute approximate surface area is 203 Å². The fraction of sp³-hybridized carbons (Fsp3) is 0.308. The highest BCUT2D eigenvalue weighted by Gasteiger charge is 2.25. The van der Waals surface area contributed by atoms with E-state index < -0.39 is 24.5 Å². The number of aryl methyl sites for hydroxylation is 2. The average Bonchev–Trinajstić information content (AvgIpc) is 3.31. The summed E-state index contributed by atoms with van der Waals surface area (Å²) in [5.41, 5.74) is 4.37. The van der Waals surface area contributed by atoms with Crippen molar-refractivity contribution >= 4 is 23.7 Å². The van der Waals surface area contributed by atoms with Crippen LogP contribution in [0.4, 0.5) is 0 Å². The number of Topliss-reactive ketones (excluding diaryl/α,β-unsaturated/α-hetero) is 1. The third-order valence-electron chi connectivity index (χ3n) is 5.73. The van der Waals surface area contributed by atoms with E-state index in [1.165, 1.54) is 7.11 Å². The fourth-order valence-electron chi connectivity index (χ4n) is 4.05. The van der Waals surface area contributed by atoms with Gasteiger partial charge in [-0.1, -0.05) is 0 Å². The Morgan fingerprint density at radius 3 is 2.17 bits per heavy atom. The van der Waals surface area contributed by atoms with Crippen LogP contribution in [0.15, 0.2) is 30.3 Å². The summed E-state index contributed by atoms with van der Waals surface area (Å²) in [5.74, 6) is -2.06. The monoisotopic (exact) mass is 480 g/mol. The number of hydrogen-bond acceptors (Lipinski definition) is 7. The molecule has 184 valence electrons. The maximum absolute atomic E-state index is 12.9. The minimum absolute atomic E-state index is 0.106. The number of H-pyrrole nitrogens is 1. The molecule has 0 saturated carbocycles. The van der Waals surface area contributed by atoms with Gasteiger partial charge in [-0.2, -0.15) is 0 Å². The maximum Gasteiger partial charge on any atom is 0.355 e. The third-order valence-corrected chi connectivity index (χ3v) is 5.73. The van der Waals surface area contributed by atoms with Crippen molar-refractivity contribution in [2.24, 2.45) is 0 Å². The summed E-state index contributed by atoms with van der Waals surface area (Å²) in [6.07, 6.45) is 0. The van der Waals surface area contributed by atoms with Crippen molar-refractivity contribution in [3.05, 3.63) is 75.4 Å². The lowest BCUT2D eigenvalue weighted by molar-refractivity contribution is 0.0468. The number of aromatic nitrogens is 2. The highest BCUT2D eigenvalue weighted by molar-refractivity contribution is 6.02. The molecule has 9 heteroatoms. The molecule has 1 N–H and O–H groups in total. The van der Waals surface area contributed by atoms with E-state index in [0.29, 0.717) is 28.1 Å². The SMILES string of the molecule is CCOC(=O)c1c(C)[nH]c(C(=O)OCC(=O)c2cc(C)n(-c3ccc(C(=O)OC)cc3)c2C)c1C. The topological polar surface area (TPSA) is 117 Å². The summed E-state index contributed by atoms with van der Waals surface area (Å²) in [6.45, 7) is 8.37. The van der Waals surface area contributed by atoms with Gasteiger partial charge in [-0.25, -0.2) is 14.4 Å². The smallest absolute Gasteiger partial charge is 0.355 e. The summed E-state index contributed by atoms with van der Waals surface area (Å²) < 4.78 is 16.9. The van der Waals surface area contributed by atoms with E-state index in [9.17, 15) is 19.2 Å². The van der Waals surface area contributed by atoms with Crippen molar-refractivity contribution in [3.63, 3.8) is 0 Å². The summed E-state index contributed by atoms with van der Waals surface area (Å²) in [7, 11) is 1.32. The standard InChI is InChI=1S/C26H28N2O7/c1-7-34-25(31)22-15(3)23(27-16(22)4)26(32)35-13-21(29)20-12-14(2)28(17(20)5)19-10-8-18(9-11-19)24(30)33-6/h8-12,27H,7,13H2,1-6H3. The first kappa shape index (κ1) is 25.5. The molecule has 2 aromatic heterocycles. The van der Waals surface area contributed by atoms with Gasteiger partial charge in [-0.3, -0.25) is 4.79 Å². The second kappa shape index (κ2) is 10.4. The zero-order valence-corrected chi connectivity index (χ0v) is 20.6. The molecule has 0 aliphatic carbocycles. The van der Waals surface area contributed by atoms with Gasteiger partial charge in [-0.05, 0) is 70.5 Å². The van der Waals surface area contributed by atoms with Crippen LogP contribution in [0.25, 0.3) is 5.69 Å². The molecule has 0 amide bonds. The predicted octanol–water partition coefficient (Wildman–Crippen LogP) is 4.04. The zero-order chi connectivity index (χ0) is 25.9. The van der Waals surface area contributed by atoms with E-state index in [4.69, 9.17) is 14.2 Å². The number of hydrogen-bond donors (Lipinski definition) is 1. The molecule has 0 fully saturated rings. The van der Waals surface area contributed by atoms with Crippen LogP contribution in [0.3, 0.4) is 0 Å². The number of aromatic amines is 1. The molecule has 0 spiro atoms. The molecule has 0 radical (unpaired) electrons. The van der Waals surface area contributed by atoms with Crippen LogP contribution >= 0.6 is 0 Å². The molecule has 35 heavy (non-hydrogen) atoms. The van der Waals surface area contributed by atoms with Gasteiger partial charge < -0.3 is 23.8 Å². The average molecular weight is 481 g/mol. The lowest BCUT2D eigenvalue weighted by atomic mass is 10.1. The van der Waals surface area contributed by atoms with Crippen LogP contribution in [-0.2, 0) is 14.2 Å². The Bertz CT molecular complexity index is 1300. The number of ketones is 1. The van der Waals surface area contributed by atoms with E-state index in [2.05, 4.69) is 4.98 Å². The molecular formula is C26H28N2O7. The summed E-state index contributed by atoms with van der Waals surface area (Å²) >= 11 is 0. The Morgan fingerprint density at radius 1 is 0.914 bits per heavy atom. The minimum atomic E-state index is -0.735. The second-order valence-corrected chi connectivity index (χ2v) is 8.00. The van der Waals surface area contributed by atoms with Crippen molar-refractivity contribution < 1.29 is 33.4 Å². The number of esters is 3. The molecule has 0 aliphatic heterocycles. The Balaban J connectivity index is 1.76. The van der Waals surface area contributed by atoms with Crippen molar-refractivity contribution in [1.29, 1.82) is 0 Å². The molecular weight excluding hydrogens is 452 g/mol. The number of carbonyl (C=O) groups is 4. The zero-order valence-electron chi connectivity index (χ0n) is 20.6. The van der Waals surface area contributed by atoms with Crippen LogP contribution in [0.1, 0.15) is 71.1 Å². The lowest BCUT2D eigenvalue weighted by Crippen LogP contribution is -2.16. The van der Waals surface area contributed by atoms with Crippen molar-refractivity contribution in [3.8, 4) is 5.69 Å². The predicted molar refractivity (Wildman–Crippen MR) is 127 cm³/mol. The van der Waals surface area contributed by atoms with E-state index >= 15 is 0 Å². The van der Waals surface area contributed by atoms with Gasteiger partial charge >= 0.3 is 17.9 Å². The lowest BCUT2D eigenvalue weighted by Gasteiger charge is -2.11. The number of nitrogens with zero attached hydrogens (tertiary/aromatic N) is 1. The molecule has 0 atom stereocenters. The van der Waals surface area contributed by atoms with Gasteiger partial charge in [0.1, 0.15) is 5.69 Å². The molecule has 0 aliphatic rings. The Hall–Kier alpha value is -4.14. The molecule has 1 aromatic carbocycles. The summed E-state index contributed by atoms with van der Waals surface area (Å²) in [5, 5.41) is 0. The molecule has 0 saturated heterocycles. The molecule has 2 heterocycles. The van der Waals surface area contributed by atoms with Crippen molar-refractivity contribution in [1.82, 2.24) is 9.55 Å². The number of nitrogens with one attached hydrogen (secondary N) is 1.